The number of rotatable bonds is 5. The summed E-state index contributed by atoms with van der Waals surface area (Å²) >= 11 is 5.79. The van der Waals surface area contributed by atoms with E-state index >= 15 is 0 Å². The summed E-state index contributed by atoms with van der Waals surface area (Å²) in [6.45, 7) is 0. The number of hydrogen-bond donors (Lipinski definition) is 2. The van der Waals surface area contributed by atoms with E-state index < -0.39 is 21.5 Å². The predicted octanol–water partition coefficient (Wildman–Crippen LogP) is 2.58. The Balaban J connectivity index is 1.66. The van der Waals surface area contributed by atoms with Crippen molar-refractivity contribution in [2.45, 2.75) is 11.3 Å². The lowest BCUT2D eigenvalue weighted by Crippen LogP contribution is -2.17. The Kier molecular flexibility index (Phi) is 4.65. The lowest BCUT2D eigenvalue weighted by molar-refractivity contribution is -0.115. The third-order valence-electron chi connectivity index (χ3n) is 3.46. The molecular formula is C16H13ClN2O5S. The van der Waals surface area contributed by atoms with E-state index in [1.807, 2.05) is 0 Å². The van der Waals surface area contributed by atoms with Crippen molar-refractivity contribution in [3.63, 3.8) is 0 Å². The summed E-state index contributed by atoms with van der Waals surface area (Å²) in [4.78, 5) is 25.7. The van der Waals surface area contributed by atoms with Crippen LogP contribution in [0.25, 0.3) is 11.1 Å². The molecule has 1 aromatic heterocycles. The van der Waals surface area contributed by atoms with E-state index in [-0.39, 0.29) is 17.1 Å². The van der Waals surface area contributed by atoms with Crippen molar-refractivity contribution in [2.24, 2.45) is 0 Å². The van der Waals surface area contributed by atoms with Gasteiger partial charge in [0.1, 0.15) is 0 Å². The molecule has 0 aliphatic carbocycles. The quantitative estimate of drug-likeness (QED) is 0.707. The van der Waals surface area contributed by atoms with Gasteiger partial charge in [0, 0.05) is 17.1 Å². The minimum Gasteiger partial charge on any atom is -0.408 e. The number of hydrogen-bond acceptors (Lipinski definition) is 5. The third kappa shape index (κ3) is 4.09. The number of fused-ring (bicyclic) bond motifs is 1. The van der Waals surface area contributed by atoms with Crippen LogP contribution in [0.4, 0.5) is 5.69 Å². The number of carbonyl (C=O) groups excluding carboxylic acids is 1. The summed E-state index contributed by atoms with van der Waals surface area (Å²) in [6.07, 6.45) is -0.214. The minimum atomic E-state index is -3.61. The highest BCUT2D eigenvalue weighted by Gasteiger charge is 2.17. The maximum atomic E-state index is 12.2. The van der Waals surface area contributed by atoms with Crippen LogP contribution in [0.5, 0.6) is 0 Å². The minimum absolute atomic E-state index is 0.0743. The summed E-state index contributed by atoms with van der Waals surface area (Å²) in [5, 5.41) is 2.90. The molecule has 7 nitrogen and oxygen atoms in total. The molecule has 0 saturated carbocycles. The fraction of sp³-hybridized carbons (Fsp3) is 0.125. The maximum Gasteiger partial charge on any atom is 0.417 e. The third-order valence-corrected chi connectivity index (χ3v) is 5.40. The van der Waals surface area contributed by atoms with Crippen LogP contribution in [-0.4, -0.2) is 25.1 Å². The zero-order valence-corrected chi connectivity index (χ0v) is 14.4. The first-order chi connectivity index (χ1) is 11.8. The van der Waals surface area contributed by atoms with Gasteiger partial charge in [-0.05, 0) is 36.4 Å². The molecule has 0 aliphatic rings. The molecule has 0 aliphatic heterocycles. The number of benzene rings is 2. The van der Waals surface area contributed by atoms with E-state index in [0.29, 0.717) is 21.8 Å². The molecule has 0 fully saturated rings. The molecule has 2 N–H and O–H groups in total. The van der Waals surface area contributed by atoms with E-state index in [0.717, 1.165) is 0 Å². The van der Waals surface area contributed by atoms with Crippen LogP contribution in [0.2, 0.25) is 5.02 Å². The number of aromatic amines is 1. The monoisotopic (exact) mass is 380 g/mol. The summed E-state index contributed by atoms with van der Waals surface area (Å²) < 4.78 is 29.3. The highest BCUT2D eigenvalue weighted by Crippen LogP contribution is 2.19. The van der Waals surface area contributed by atoms with Crippen molar-refractivity contribution in [3.8, 4) is 0 Å². The fourth-order valence-electron chi connectivity index (χ4n) is 2.26. The number of halogens is 1. The number of oxazole rings is 1. The Bertz CT molecular complexity index is 1100. The SMILES string of the molecule is O=C(CCS(=O)(=O)c1cccc(Cl)c1)Nc1ccc2oc(=O)[nH]c2c1. The molecular weight excluding hydrogens is 368 g/mol. The van der Waals surface area contributed by atoms with Gasteiger partial charge < -0.3 is 9.73 Å². The van der Waals surface area contributed by atoms with Crippen molar-refractivity contribution in [2.75, 3.05) is 11.1 Å². The molecule has 2 aromatic carbocycles. The topological polar surface area (TPSA) is 109 Å². The summed E-state index contributed by atoms with van der Waals surface area (Å²) in [7, 11) is -3.61. The molecule has 9 heteroatoms. The fourth-order valence-corrected chi connectivity index (χ4v) is 3.80. The van der Waals surface area contributed by atoms with Crippen molar-refractivity contribution < 1.29 is 17.6 Å². The standard InChI is InChI=1S/C16H13ClN2O5S/c17-10-2-1-3-12(8-10)25(22,23)7-6-15(20)18-11-4-5-14-13(9-11)19-16(21)24-14/h1-5,8-9H,6-7H2,(H,18,20)(H,19,21). The summed E-state index contributed by atoms with van der Waals surface area (Å²) in [5.41, 5.74) is 1.23. The second-order valence-electron chi connectivity index (χ2n) is 5.30. The lowest BCUT2D eigenvalue weighted by Gasteiger charge is -2.07. The smallest absolute Gasteiger partial charge is 0.408 e. The van der Waals surface area contributed by atoms with Gasteiger partial charge in [-0.25, -0.2) is 13.2 Å². The zero-order chi connectivity index (χ0) is 18.0. The first-order valence-corrected chi connectivity index (χ1v) is 9.27. The molecule has 0 atom stereocenters. The van der Waals surface area contributed by atoms with Crippen molar-refractivity contribution >= 4 is 44.1 Å². The predicted molar refractivity (Wildman–Crippen MR) is 93.6 cm³/mol. The van der Waals surface area contributed by atoms with Gasteiger partial charge in [-0.3, -0.25) is 9.78 Å². The molecule has 3 aromatic rings. The van der Waals surface area contributed by atoms with Crippen LogP contribution in [0.15, 0.2) is 56.6 Å². The van der Waals surface area contributed by atoms with Gasteiger partial charge in [0.25, 0.3) is 0 Å². The maximum absolute atomic E-state index is 12.2. The Labute approximate surface area is 147 Å². The van der Waals surface area contributed by atoms with Crippen LogP contribution < -0.4 is 11.1 Å². The number of sulfone groups is 1. The molecule has 0 bridgehead atoms. The van der Waals surface area contributed by atoms with Gasteiger partial charge >= 0.3 is 5.76 Å². The van der Waals surface area contributed by atoms with Crippen LogP contribution in [0, 0.1) is 0 Å². The normalized spacial score (nSPS) is 11.6. The molecule has 0 unspecified atom stereocenters. The number of H-pyrrole nitrogens is 1. The van der Waals surface area contributed by atoms with Crippen molar-refractivity contribution in [3.05, 3.63) is 58.0 Å². The summed E-state index contributed by atoms with van der Waals surface area (Å²) in [6, 6.07) is 10.5. The van der Waals surface area contributed by atoms with E-state index in [1.165, 1.54) is 30.3 Å². The number of amides is 1. The largest absolute Gasteiger partial charge is 0.417 e. The summed E-state index contributed by atoms with van der Waals surface area (Å²) in [5.74, 6) is -1.40. The van der Waals surface area contributed by atoms with Gasteiger partial charge in [-0.1, -0.05) is 17.7 Å². The van der Waals surface area contributed by atoms with E-state index in [4.69, 9.17) is 16.0 Å². The Morgan fingerprint density at radius 1 is 1.20 bits per heavy atom. The van der Waals surface area contributed by atoms with Crippen LogP contribution in [0.1, 0.15) is 6.42 Å². The van der Waals surface area contributed by atoms with Gasteiger partial charge in [0.05, 0.1) is 16.2 Å². The number of nitrogens with one attached hydrogen (secondary N) is 2. The molecule has 1 heterocycles. The van der Waals surface area contributed by atoms with E-state index in [1.54, 1.807) is 12.1 Å². The van der Waals surface area contributed by atoms with Crippen LogP contribution in [0.3, 0.4) is 0 Å². The average molecular weight is 381 g/mol. The molecule has 0 radical (unpaired) electrons. The van der Waals surface area contributed by atoms with Gasteiger partial charge in [0.2, 0.25) is 5.91 Å². The molecule has 0 spiro atoms. The molecule has 25 heavy (non-hydrogen) atoms. The van der Waals surface area contributed by atoms with Gasteiger partial charge in [-0.2, -0.15) is 0 Å². The molecule has 130 valence electrons. The Morgan fingerprint density at radius 2 is 2.00 bits per heavy atom. The first-order valence-electron chi connectivity index (χ1n) is 7.24. The highest BCUT2D eigenvalue weighted by atomic mass is 35.5. The second kappa shape index (κ2) is 6.73. The number of aromatic nitrogens is 1. The van der Waals surface area contributed by atoms with Gasteiger partial charge in [0.15, 0.2) is 15.4 Å². The lowest BCUT2D eigenvalue weighted by atomic mass is 10.3. The van der Waals surface area contributed by atoms with Gasteiger partial charge in [-0.15, -0.1) is 0 Å². The number of anilines is 1. The van der Waals surface area contributed by atoms with E-state index in [2.05, 4.69) is 10.3 Å². The second-order valence-corrected chi connectivity index (χ2v) is 7.85. The van der Waals surface area contributed by atoms with Crippen LogP contribution >= 0.6 is 11.6 Å². The molecule has 0 saturated heterocycles. The Hall–Kier alpha value is -2.58. The average Bonchev–Trinajstić information content (AvgIpc) is 2.92. The van der Waals surface area contributed by atoms with Crippen LogP contribution in [-0.2, 0) is 14.6 Å². The van der Waals surface area contributed by atoms with Crippen molar-refractivity contribution in [1.29, 1.82) is 0 Å². The Morgan fingerprint density at radius 3 is 2.76 bits per heavy atom. The highest BCUT2D eigenvalue weighted by molar-refractivity contribution is 7.91. The zero-order valence-electron chi connectivity index (χ0n) is 12.8. The van der Waals surface area contributed by atoms with E-state index in [9.17, 15) is 18.0 Å². The number of carbonyl (C=O) groups is 1. The van der Waals surface area contributed by atoms with Crippen molar-refractivity contribution in [1.82, 2.24) is 4.98 Å². The molecule has 1 amide bonds. The molecule has 3 rings (SSSR count). The first kappa shape index (κ1) is 17.2.